The smallest absolute Gasteiger partial charge is 0.368 e. The van der Waals surface area contributed by atoms with E-state index in [-0.39, 0.29) is 6.03 Å². The van der Waals surface area contributed by atoms with Gasteiger partial charge in [-0.1, -0.05) is 12.1 Å². The largest absolute Gasteiger partial charge is 0.379 e. The molecule has 1 aromatic carbocycles. The van der Waals surface area contributed by atoms with Crippen molar-refractivity contribution in [3.8, 4) is 0 Å². The van der Waals surface area contributed by atoms with Crippen LogP contribution in [0.5, 0.6) is 0 Å². The minimum Gasteiger partial charge on any atom is -0.379 e. The van der Waals surface area contributed by atoms with E-state index in [1.165, 1.54) is 0 Å². The van der Waals surface area contributed by atoms with Gasteiger partial charge in [-0.3, -0.25) is 4.90 Å². The molecule has 0 aliphatic carbocycles. The fraction of sp³-hybridized carbons (Fsp3) is 0.462. The van der Waals surface area contributed by atoms with E-state index >= 15 is 0 Å². The van der Waals surface area contributed by atoms with Gasteiger partial charge in [0.25, 0.3) is 0 Å². The first kappa shape index (κ1) is 11.5. The van der Waals surface area contributed by atoms with Crippen molar-refractivity contribution in [1.82, 2.24) is 4.90 Å². The van der Waals surface area contributed by atoms with Crippen LogP contribution in [0, 0.1) is 0 Å². The molecule has 1 saturated heterocycles. The molecule has 0 unspecified atom stereocenters. The van der Waals surface area contributed by atoms with E-state index in [9.17, 15) is 4.79 Å². The van der Waals surface area contributed by atoms with Gasteiger partial charge >= 0.3 is 6.03 Å². The monoisotopic (exact) mass is 245 g/mol. The molecule has 0 aromatic heterocycles. The highest BCUT2D eigenvalue weighted by molar-refractivity contribution is 5.77. The molecule has 0 bridgehead atoms. The summed E-state index contributed by atoms with van der Waals surface area (Å²) in [5, 5.41) is 1.47. The molecule has 5 nitrogen and oxygen atoms in total. The summed E-state index contributed by atoms with van der Waals surface area (Å²) in [7, 11) is 0. The lowest BCUT2D eigenvalue weighted by molar-refractivity contribution is 0.0384. The predicted octanol–water partition coefficient (Wildman–Crippen LogP) is -0.0659. The van der Waals surface area contributed by atoms with Crippen LogP contribution in [-0.2, 0) is 11.2 Å². The first-order chi connectivity index (χ1) is 8.83. The highest BCUT2D eigenvalue weighted by atomic mass is 16.5. The van der Waals surface area contributed by atoms with Crippen LogP contribution in [0.15, 0.2) is 28.2 Å². The van der Waals surface area contributed by atoms with E-state index in [0.29, 0.717) is 5.36 Å². The van der Waals surface area contributed by atoms with Crippen LogP contribution >= 0.6 is 0 Å². The fourth-order valence-corrected chi connectivity index (χ4v) is 2.33. The number of hydrogen-bond acceptors (Lipinski definition) is 3. The highest BCUT2D eigenvalue weighted by Gasteiger charge is 2.12. The van der Waals surface area contributed by atoms with Crippen LogP contribution in [-0.4, -0.2) is 43.8 Å². The number of benzene rings is 1. The minimum atomic E-state index is -0.385. The Hall–Kier alpha value is -1.59. The van der Waals surface area contributed by atoms with E-state index in [1.807, 2.05) is 18.2 Å². The molecule has 3 rings (SSSR count). The zero-order valence-electron chi connectivity index (χ0n) is 10.1. The average molecular weight is 245 g/mol. The Balaban J connectivity index is 1.75. The lowest BCUT2D eigenvalue weighted by Gasteiger charge is -2.26. The second-order valence-electron chi connectivity index (χ2n) is 4.50. The van der Waals surface area contributed by atoms with Crippen LogP contribution in [0.3, 0.4) is 0 Å². The van der Waals surface area contributed by atoms with E-state index in [1.54, 1.807) is 0 Å². The summed E-state index contributed by atoms with van der Waals surface area (Å²) < 4.78 is 5.32. The standard InChI is InChI=1S/C13H15N3O2/c17-13-14-11-3-1-2-10(12(11)15-13)4-5-16-6-8-18-9-7-16/h1-3H,4-9H2. The third-order valence-corrected chi connectivity index (χ3v) is 3.32. The number of fused-ring (bicyclic) bond motifs is 1. The molecule has 0 radical (unpaired) electrons. The third-order valence-electron chi connectivity index (χ3n) is 3.32. The van der Waals surface area contributed by atoms with Gasteiger partial charge in [0.1, 0.15) is 0 Å². The molecular formula is C13H15N3O2. The van der Waals surface area contributed by atoms with Gasteiger partial charge in [0.15, 0.2) is 0 Å². The number of carbonyl (C=O) groups is 1. The maximum absolute atomic E-state index is 11.2. The lowest BCUT2D eigenvalue weighted by atomic mass is 10.1. The van der Waals surface area contributed by atoms with Crippen molar-refractivity contribution in [2.75, 3.05) is 32.8 Å². The molecule has 0 atom stereocenters. The first-order valence-electron chi connectivity index (χ1n) is 6.22. The van der Waals surface area contributed by atoms with Crippen molar-refractivity contribution in [3.05, 3.63) is 34.5 Å². The predicted molar refractivity (Wildman–Crippen MR) is 65.1 cm³/mol. The maximum Gasteiger partial charge on any atom is 0.368 e. The van der Waals surface area contributed by atoms with Crippen molar-refractivity contribution in [2.45, 2.75) is 6.42 Å². The Morgan fingerprint density at radius 3 is 2.89 bits per heavy atom. The molecule has 5 heteroatoms. The number of urea groups is 1. The molecule has 1 fully saturated rings. The second kappa shape index (κ2) is 4.96. The van der Waals surface area contributed by atoms with Crippen LogP contribution in [0.25, 0.3) is 0 Å². The van der Waals surface area contributed by atoms with E-state index in [2.05, 4.69) is 14.9 Å². The Kier molecular flexibility index (Phi) is 3.17. The Bertz CT molecular complexity index is 576. The molecule has 0 N–H and O–H groups in total. The molecular weight excluding hydrogens is 230 g/mol. The third kappa shape index (κ3) is 2.32. The number of para-hydroxylation sites is 1. The molecule has 94 valence electrons. The molecule has 2 amide bonds. The van der Waals surface area contributed by atoms with Crippen molar-refractivity contribution in [1.29, 1.82) is 0 Å². The topological polar surface area (TPSA) is 54.3 Å². The van der Waals surface area contributed by atoms with E-state index in [0.717, 1.165) is 50.2 Å². The summed E-state index contributed by atoms with van der Waals surface area (Å²) in [5.74, 6) is 0. The van der Waals surface area contributed by atoms with Crippen molar-refractivity contribution < 1.29 is 9.53 Å². The van der Waals surface area contributed by atoms with Crippen LogP contribution in [0.1, 0.15) is 5.56 Å². The number of rotatable bonds is 3. The van der Waals surface area contributed by atoms with Gasteiger partial charge in [-0.05, 0) is 18.1 Å². The van der Waals surface area contributed by atoms with E-state index < -0.39 is 0 Å². The summed E-state index contributed by atoms with van der Waals surface area (Å²) in [6, 6.07) is 5.41. The summed E-state index contributed by atoms with van der Waals surface area (Å²) in [5.41, 5.74) is 1.11. The number of amides is 2. The maximum atomic E-state index is 11.2. The van der Waals surface area contributed by atoms with Crippen LogP contribution in [0.4, 0.5) is 4.79 Å². The lowest BCUT2D eigenvalue weighted by Crippen LogP contribution is -2.38. The molecule has 2 aliphatic heterocycles. The quantitative estimate of drug-likeness (QED) is 0.749. The Morgan fingerprint density at radius 2 is 2.06 bits per heavy atom. The Morgan fingerprint density at radius 1 is 1.22 bits per heavy atom. The number of morpholine rings is 1. The van der Waals surface area contributed by atoms with Gasteiger partial charge in [-0.25, -0.2) is 4.79 Å². The number of hydrogen-bond donors (Lipinski definition) is 0. The van der Waals surface area contributed by atoms with Gasteiger partial charge in [0, 0.05) is 19.6 Å². The number of carbonyl (C=O) groups excluding carboxylic acids is 1. The summed E-state index contributed by atoms with van der Waals surface area (Å²) in [6.45, 7) is 4.56. The first-order valence-corrected chi connectivity index (χ1v) is 6.22. The normalized spacial score (nSPS) is 19.2. The summed E-state index contributed by atoms with van der Waals surface area (Å²) in [6.07, 6.45) is 0.898. The molecule has 2 aliphatic rings. The molecule has 0 spiro atoms. The zero-order chi connectivity index (χ0) is 12.4. The van der Waals surface area contributed by atoms with Gasteiger partial charge < -0.3 is 4.74 Å². The van der Waals surface area contributed by atoms with Crippen molar-refractivity contribution in [3.63, 3.8) is 0 Å². The van der Waals surface area contributed by atoms with Crippen LogP contribution in [0.2, 0.25) is 0 Å². The molecule has 0 saturated carbocycles. The van der Waals surface area contributed by atoms with Crippen LogP contribution < -0.4 is 10.7 Å². The number of ether oxygens (including phenoxy) is 1. The molecule has 1 aromatic rings. The molecule has 18 heavy (non-hydrogen) atoms. The van der Waals surface area contributed by atoms with Crippen molar-refractivity contribution >= 4 is 6.03 Å². The van der Waals surface area contributed by atoms with Gasteiger partial charge in [-0.2, -0.15) is 9.98 Å². The molecule has 2 heterocycles. The minimum absolute atomic E-state index is 0.385. The highest BCUT2D eigenvalue weighted by Crippen LogP contribution is 2.00. The van der Waals surface area contributed by atoms with Gasteiger partial charge in [0.05, 0.1) is 23.9 Å². The van der Waals surface area contributed by atoms with Crippen molar-refractivity contribution in [2.24, 2.45) is 9.98 Å². The summed E-state index contributed by atoms with van der Waals surface area (Å²) >= 11 is 0. The second-order valence-corrected chi connectivity index (χ2v) is 4.50. The summed E-state index contributed by atoms with van der Waals surface area (Å²) in [4.78, 5) is 21.4. The fourth-order valence-electron chi connectivity index (χ4n) is 2.33. The van der Waals surface area contributed by atoms with E-state index in [4.69, 9.17) is 4.74 Å². The average Bonchev–Trinajstić information content (AvgIpc) is 2.78. The van der Waals surface area contributed by atoms with Gasteiger partial charge in [-0.15, -0.1) is 0 Å². The SMILES string of the molecule is O=C1N=c2cccc(CCN3CCOCC3)c2=N1. The zero-order valence-corrected chi connectivity index (χ0v) is 10.1. The van der Waals surface area contributed by atoms with Gasteiger partial charge in [0.2, 0.25) is 0 Å². The Labute approximate surface area is 105 Å². The number of nitrogens with zero attached hydrogens (tertiary/aromatic N) is 3.